The summed E-state index contributed by atoms with van der Waals surface area (Å²) in [6, 6.07) is 11.8. The zero-order valence-corrected chi connectivity index (χ0v) is 25.4. The zero-order valence-electron chi connectivity index (χ0n) is 23.1. The molecule has 2 aliphatic rings. The lowest BCUT2D eigenvalue weighted by Gasteiger charge is -2.44. The molecule has 42 heavy (non-hydrogen) atoms. The molecule has 0 saturated carbocycles. The van der Waals surface area contributed by atoms with E-state index in [4.69, 9.17) is 39.5 Å². The van der Waals surface area contributed by atoms with Gasteiger partial charge < -0.3 is 9.64 Å². The molecule has 4 aromatic rings. The van der Waals surface area contributed by atoms with E-state index in [1.807, 2.05) is 23.2 Å². The van der Waals surface area contributed by atoms with Crippen LogP contribution in [-0.2, 0) is 16.1 Å². The maximum atomic E-state index is 13.9. The van der Waals surface area contributed by atoms with Gasteiger partial charge in [-0.25, -0.2) is 14.2 Å². The van der Waals surface area contributed by atoms with Gasteiger partial charge in [-0.2, -0.15) is 5.10 Å². The van der Waals surface area contributed by atoms with E-state index in [2.05, 4.69) is 29.3 Å². The Balaban J connectivity index is 1.54. The number of ether oxygens (including phenoxy) is 1. The summed E-state index contributed by atoms with van der Waals surface area (Å²) >= 11 is 19.0. The van der Waals surface area contributed by atoms with Crippen LogP contribution in [0.1, 0.15) is 61.3 Å². The van der Waals surface area contributed by atoms with Crippen LogP contribution in [0.25, 0.3) is 5.69 Å². The summed E-state index contributed by atoms with van der Waals surface area (Å²) < 4.78 is 8.75. The lowest BCUT2D eigenvalue weighted by atomic mass is 9.72. The summed E-state index contributed by atoms with van der Waals surface area (Å²) in [5.74, 6) is -0.0272. The molecule has 1 atom stereocenters. The van der Waals surface area contributed by atoms with Crippen LogP contribution in [0.5, 0.6) is 0 Å². The summed E-state index contributed by atoms with van der Waals surface area (Å²) in [5, 5.41) is 14.9. The van der Waals surface area contributed by atoms with Crippen LogP contribution in [0.15, 0.2) is 66.1 Å². The SMILES string of the molecule is CCOC(=O)c1cnn2c1N(Cc1cn(-c3ccc(Cl)cc3)nn1)C1=C(C(=O)CC(C)(C)C1)C2c1ccc(Cl)cc1Cl. The molecule has 3 heterocycles. The van der Waals surface area contributed by atoms with Gasteiger partial charge in [0.2, 0.25) is 0 Å². The molecule has 2 aromatic heterocycles. The third-order valence-electron chi connectivity index (χ3n) is 7.47. The third kappa shape index (κ3) is 5.10. The van der Waals surface area contributed by atoms with Crippen molar-refractivity contribution >= 4 is 52.4 Å². The molecule has 1 aliphatic heterocycles. The molecule has 0 fully saturated rings. The first-order valence-electron chi connectivity index (χ1n) is 13.5. The Labute approximate surface area is 257 Å². The first-order valence-corrected chi connectivity index (χ1v) is 14.6. The standard InChI is InChI=1S/C30H27Cl3N6O3/c1-4-42-29(41)22-14-34-39-27(21-10-7-18(32)11-23(21)33)26-24(12-30(2,3)13-25(26)40)37(28(22)39)15-19-16-38(36-35-19)20-8-5-17(31)6-9-20/h5-11,14,16,27H,4,12-13,15H2,1-3H3. The Hall–Kier alpha value is -3.66. The van der Waals surface area contributed by atoms with Crippen LogP contribution in [0.4, 0.5) is 5.82 Å². The van der Waals surface area contributed by atoms with Gasteiger partial charge in [0.05, 0.1) is 31.2 Å². The van der Waals surface area contributed by atoms with Gasteiger partial charge in [0.25, 0.3) is 0 Å². The maximum Gasteiger partial charge on any atom is 0.343 e. The monoisotopic (exact) mass is 624 g/mol. The molecule has 12 heteroatoms. The van der Waals surface area contributed by atoms with Crippen molar-refractivity contribution in [2.45, 2.75) is 46.2 Å². The predicted molar refractivity (Wildman–Crippen MR) is 160 cm³/mol. The number of ketones is 1. The Kier molecular flexibility index (Phi) is 7.37. The van der Waals surface area contributed by atoms with Crippen LogP contribution < -0.4 is 4.90 Å². The molecule has 0 N–H and O–H groups in total. The number of esters is 1. The largest absolute Gasteiger partial charge is 0.462 e. The highest BCUT2D eigenvalue weighted by atomic mass is 35.5. The molecule has 0 amide bonds. The van der Waals surface area contributed by atoms with E-state index >= 15 is 0 Å². The van der Waals surface area contributed by atoms with Gasteiger partial charge in [0.1, 0.15) is 23.1 Å². The summed E-state index contributed by atoms with van der Waals surface area (Å²) in [7, 11) is 0. The average molecular weight is 626 g/mol. The number of hydrogen-bond donors (Lipinski definition) is 0. The fraction of sp³-hybridized carbons (Fsp3) is 0.300. The number of Topliss-reactive ketones (excluding diaryl/α,β-unsaturated/α-hetero) is 1. The summed E-state index contributed by atoms with van der Waals surface area (Å²) in [5.41, 5.74) is 3.39. The molecular weight excluding hydrogens is 599 g/mol. The first-order chi connectivity index (χ1) is 20.1. The second kappa shape index (κ2) is 10.9. The Bertz CT molecular complexity index is 1740. The van der Waals surface area contributed by atoms with Gasteiger partial charge in [0.15, 0.2) is 5.78 Å². The Morgan fingerprint density at radius 2 is 1.81 bits per heavy atom. The van der Waals surface area contributed by atoms with Crippen molar-refractivity contribution < 1.29 is 14.3 Å². The molecule has 216 valence electrons. The minimum absolute atomic E-state index is 0.00841. The van der Waals surface area contributed by atoms with Gasteiger partial charge in [-0.3, -0.25) is 4.79 Å². The quantitative estimate of drug-likeness (QED) is 0.216. The van der Waals surface area contributed by atoms with Crippen LogP contribution in [0.2, 0.25) is 15.1 Å². The van der Waals surface area contributed by atoms with Crippen molar-refractivity contribution in [3.05, 3.63) is 98.0 Å². The average Bonchev–Trinajstić information content (AvgIpc) is 3.57. The molecule has 2 aromatic carbocycles. The highest BCUT2D eigenvalue weighted by Gasteiger charge is 2.46. The van der Waals surface area contributed by atoms with Gasteiger partial charge in [-0.15, -0.1) is 5.10 Å². The second-order valence-electron chi connectivity index (χ2n) is 11.1. The topological polar surface area (TPSA) is 95.1 Å². The van der Waals surface area contributed by atoms with Crippen LogP contribution >= 0.6 is 34.8 Å². The number of halogens is 3. The van der Waals surface area contributed by atoms with E-state index in [9.17, 15) is 9.59 Å². The molecule has 1 aliphatic carbocycles. The van der Waals surface area contributed by atoms with Crippen LogP contribution in [0, 0.1) is 5.41 Å². The minimum Gasteiger partial charge on any atom is -0.462 e. The van der Waals surface area contributed by atoms with E-state index in [0.717, 1.165) is 11.4 Å². The number of carbonyl (C=O) groups excluding carboxylic acids is 2. The summed E-state index contributed by atoms with van der Waals surface area (Å²) in [4.78, 5) is 29.1. The molecule has 6 rings (SSSR count). The third-order valence-corrected chi connectivity index (χ3v) is 8.28. The van der Waals surface area contributed by atoms with Crippen molar-refractivity contribution in [3.63, 3.8) is 0 Å². The number of rotatable bonds is 6. The fourth-order valence-corrected chi connectivity index (χ4v) is 6.34. The molecular formula is C30H27Cl3N6O3. The lowest BCUT2D eigenvalue weighted by Crippen LogP contribution is -2.42. The van der Waals surface area contributed by atoms with E-state index < -0.39 is 12.0 Å². The molecule has 1 unspecified atom stereocenters. The van der Waals surface area contributed by atoms with Crippen LogP contribution in [0.3, 0.4) is 0 Å². The van der Waals surface area contributed by atoms with Crippen molar-refractivity contribution in [2.75, 3.05) is 11.5 Å². The van der Waals surface area contributed by atoms with Crippen molar-refractivity contribution in [2.24, 2.45) is 5.41 Å². The highest BCUT2D eigenvalue weighted by Crippen LogP contribution is 2.50. The predicted octanol–water partition coefficient (Wildman–Crippen LogP) is 6.85. The van der Waals surface area contributed by atoms with Gasteiger partial charge >= 0.3 is 5.97 Å². The number of carbonyl (C=O) groups is 2. The van der Waals surface area contributed by atoms with Gasteiger partial charge in [0, 0.05) is 38.3 Å². The fourth-order valence-electron chi connectivity index (χ4n) is 5.70. The number of allylic oxidation sites excluding steroid dienone is 2. The highest BCUT2D eigenvalue weighted by molar-refractivity contribution is 6.35. The summed E-state index contributed by atoms with van der Waals surface area (Å²) in [6.07, 6.45) is 4.23. The molecule has 0 saturated heterocycles. The maximum absolute atomic E-state index is 13.9. The Morgan fingerprint density at radius 1 is 1.07 bits per heavy atom. The number of aromatic nitrogens is 5. The number of anilines is 1. The van der Waals surface area contributed by atoms with Crippen molar-refractivity contribution in [3.8, 4) is 5.69 Å². The summed E-state index contributed by atoms with van der Waals surface area (Å²) in [6.45, 7) is 6.30. The number of hydrogen-bond acceptors (Lipinski definition) is 7. The van der Waals surface area contributed by atoms with E-state index in [1.165, 1.54) is 6.20 Å². The number of fused-ring (bicyclic) bond motifs is 1. The number of nitrogens with zero attached hydrogens (tertiary/aromatic N) is 6. The van der Waals surface area contributed by atoms with E-state index in [-0.39, 0.29) is 29.9 Å². The smallest absolute Gasteiger partial charge is 0.343 e. The van der Waals surface area contributed by atoms with Gasteiger partial charge in [-0.05, 0) is 55.2 Å². The molecule has 0 spiro atoms. The zero-order chi connectivity index (χ0) is 29.8. The molecule has 9 nitrogen and oxygen atoms in total. The van der Waals surface area contributed by atoms with E-state index in [1.54, 1.807) is 46.6 Å². The first kappa shape index (κ1) is 28.5. The number of benzene rings is 2. The van der Waals surface area contributed by atoms with E-state index in [0.29, 0.717) is 50.6 Å². The Morgan fingerprint density at radius 3 is 2.52 bits per heavy atom. The molecule has 0 bridgehead atoms. The molecule has 0 radical (unpaired) electrons. The lowest BCUT2D eigenvalue weighted by molar-refractivity contribution is -0.118. The van der Waals surface area contributed by atoms with Crippen molar-refractivity contribution in [1.82, 2.24) is 24.8 Å². The van der Waals surface area contributed by atoms with Crippen LogP contribution in [-0.4, -0.2) is 43.1 Å². The van der Waals surface area contributed by atoms with Crippen molar-refractivity contribution in [1.29, 1.82) is 0 Å². The normalized spacial score (nSPS) is 17.7. The second-order valence-corrected chi connectivity index (χ2v) is 12.4. The minimum atomic E-state index is -0.660. The van der Waals surface area contributed by atoms with Gasteiger partial charge in [-0.1, -0.05) is 59.9 Å².